The summed E-state index contributed by atoms with van der Waals surface area (Å²) in [6.07, 6.45) is 2.34. The van der Waals surface area contributed by atoms with E-state index in [1.807, 2.05) is 0 Å². The molecule has 1 rings (SSSR count). The van der Waals surface area contributed by atoms with Gasteiger partial charge in [-0.05, 0) is 12.1 Å². The van der Waals surface area contributed by atoms with Crippen molar-refractivity contribution in [3.8, 4) is 0 Å². The average molecular weight is 109 g/mol. The van der Waals surface area contributed by atoms with Gasteiger partial charge in [0, 0.05) is 6.07 Å². The summed E-state index contributed by atoms with van der Waals surface area (Å²) < 4.78 is 0.486. The van der Waals surface area contributed by atoms with E-state index in [4.69, 9.17) is 5.73 Å². The van der Waals surface area contributed by atoms with Crippen molar-refractivity contribution in [2.24, 2.45) is 0 Å². The molecule has 0 spiro atoms. The van der Waals surface area contributed by atoms with Crippen molar-refractivity contribution in [3.63, 3.8) is 0 Å². The van der Waals surface area contributed by atoms with Crippen LogP contribution in [0.25, 0.3) is 0 Å². The van der Waals surface area contributed by atoms with Gasteiger partial charge in [-0.1, -0.05) is 0 Å². The Bertz CT molecular complexity index is 167. The second-order valence-electron chi connectivity index (χ2n) is 1.37. The smallest absolute Gasteiger partial charge is 0.275 e. The molecule has 1 heterocycles. The number of nitrogen functional groups attached to an aromatic ring is 1. The molecular formula is C5H5N2O. The molecule has 0 atom stereocenters. The predicted molar refractivity (Wildman–Crippen MR) is 28.7 cm³/mol. The molecule has 0 aliphatic carbocycles. The summed E-state index contributed by atoms with van der Waals surface area (Å²) in [5, 5.41) is 10.4. The first kappa shape index (κ1) is 4.90. The van der Waals surface area contributed by atoms with Crippen molar-refractivity contribution in [1.29, 1.82) is 0 Å². The Kier molecular flexibility index (Phi) is 1.04. The van der Waals surface area contributed by atoms with Gasteiger partial charge >= 0.3 is 0 Å². The zero-order valence-electron chi connectivity index (χ0n) is 4.16. The minimum absolute atomic E-state index is 0.174. The van der Waals surface area contributed by atoms with Gasteiger partial charge in [-0.15, -0.1) is 0 Å². The number of aromatic nitrogens is 1. The zero-order valence-corrected chi connectivity index (χ0v) is 4.16. The second-order valence-corrected chi connectivity index (χ2v) is 1.37. The molecular weight excluding hydrogens is 104 g/mol. The molecule has 0 saturated carbocycles. The highest BCUT2D eigenvalue weighted by Gasteiger charge is 1.88. The van der Waals surface area contributed by atoms with Crippen LogP contribution >= 0.6 is 0 Å². The highest BCUT2D eigenvalue weighted by atomic mass is 16.5. The Morgan fingerprint density at radius 3 is 2.88 bits per heavy atom. The molecule has 0 fully saturated rings. The molecule has 2 N–H and O–H groups in total. The van der Waals surface area contributed by atoms with Crippen LogP contribution in [0, 0.1) is 11.4 Å². The van der Waals surface area contributed by atoms with Crippen LogP contribution in [-0.2, 0) is 0 Å². The van der Waals surface area contributed by atoms with Crippen molar-refractivity contribution in [2.75, 3.05) is 5.73 Å². The van der Waals surface area contributed by atoms with Crippen LogP contribution in [0.2, 0.25) is 0 Å². The lowest BCUT2D eigenvalue weighted by molar-refractivity contribution is -0.594. The van der Waals surface area contributed by atoms with E-state index < -0.39 is 0 Å². The van der Waals surface area contributed by atoms with Crippen LogP contribution in [0.5, 0.6) is 0 Å². The summed E-state index contributed by atoms with van der Waals surface area (Å²) in [6.45, 7) is 0. The van der Waals surface area contributed by atoms with Gasteiger partial charge in [-0.3, -0.25) is 5.73 Å². The summed E-state index contributed by atoms with van der Waals surface area (Å²) in [7, 11) is 0. The fourth-order valence-electron chi connectivity index (χ4n) is 0.400. The molecule has 0 saturated heterocycles. The molecule has 1 aromatic heterocycles. The van der Waals surface area contributed by atoms with Crippen LogP contribution in [0.4, 0.5) is 5.82 Å². The van der Waals surface area contributed by atoms with Crippen molar-refractivity contribution < 1.29 is 4.73 Å². The molecule has 0 bridgehead atoms. The summed E-state index contributed by atoms with van der Waals surface area (Å²) in [4.78, 5) is 0. The number of nitrogens with two attached hydrogens (primary N) is 1. The first-order valence-corrected chi connectivity index (χ1v) is 2.16. The van der Waals surface area contributed by atoms with E-state index >= 15 is 0 Å². The second kappa shape index (κ2) is 1.69. The largest absolute Gasteiger partial charge is 0.710 e. The number of hydrogen-bond donors (Lipinski definition) is 1. The van der Waals surface area contributed by atoms with Crippen molar-refractivity contribution >= 4 is 5.82 Å². The predicted octanol–water partition coefficient (Wildman–Crippen LogP) is -0.298. The van der Waals surface area contributed by atoms with Crippen LogP contribution in [0.15, 0.2) is 18.2 Å². The lowest BCUT2D eigenvalue weighted by Gasteiger charge is -1.98. The van der Waals surface area contributed by atoms with Gasteiger partial charge in [0.15, 0.2) is 6.20 Å². The zero-order chi connectivity index (χ0) is 5.98. The van der Waals surface area contributed by atoms with E-state index in [1.54, 1.807) is 6.07 Å². The van der Waals surface area contributed by atoms with E-state index in [0.717, 1.165) is 0 Å². The molecule has 8 heavy (non-hydrogen) atoms. The number of hydrogen-bond acceptors (Lipinski definition) is 2. The van der Waals surface area contributed by atoms with Crippen LogP contribution in [0.1, 0.15) is 0 Å². The molecule has 0 aromatic carbocycles. The SMILES string of the molecule is Nc1ccc[c][n+]1[O-]. The topological polar surface area (TPSA) is 53.0 Å². The maximum atomic E-state index is 10.4. The molecule has 3 heteroatoms. The maximum Gasteiger partial charge on any atom is 0.275 e. The number of nitrogens with zero attached hydrogens (tertiary/aromatic N) is 1. The Morgan fingerprint density at radius 2 is 2.50 bits per heavy atom. The van der Waals surface area contributed by atoms with Crippen LogP contribution < -0.4 is 10.5 Å². The van der Waals surface area contributed by atoms with Crippen molar-refractivity contribution in [1.82, 2.24) is 0 Å². The van der Waals surface area contributed by atoms with Crippen LogP contribution in [-0.4, -0.2) is 0 Å². The third kappa shape index (κ3) is 0.703. The van der Waals surface area contributed by atoms with E-state index in [9.17, 15) is 5.21 Å². The lowest BCUT2D eigenvalue weighted by Crippen LogP contribution is -2.29. The first-order valence-electron chi connectivity index (χ1n) is 2.16. The molecule has 1 aromatic rings. The van der Waals surface area contributed by atoms with E-state index in [0.29, 0.717) is 4.73 Å². The van der Waals surface area contributed by atoms with Gasteiger partial charge in [-0.2, -0.15) is 0 Å². The Morgan fingerprint density at radius 1 is 1.75 bits per heavy atom. The normalized spacial score (nSPS) is 9.00. The van der Waals surface area contributed by atoms with Gasteiger partial charge in [0.25, 0.3) is 5.82 Å². The van der Waals surface area contributed by atoms with E-state index in [-0.39, 0.29) is 5.82 Å². The molecule has 3 nitrogen and oxygen atoms in total. The quantitative estimate of drug-likeness (QED) is 0.367. The van der Waals surface area contributed by atoms with Gasteiger partial charge < -0.3 is 5.21 Å². The average Bonchev–Trinajstić information content (AvgIpc) is 1.77. The van der Waals surface area contributed by atoms with Crippen LogP contribution in [0.3, 0.4) is 0 Å². The fourth-order valence-corrected chi connectivity index (χ4v) is 0.400. The summed E-state index contributed by atoms with van der Waals surface area (Å²) in [5.41, 5.74) is 5.14. The molecule has 41 valence electrons. The van der Waals surface area contributed by atoms with E-state index in [1.165, 1.54) is 12.1 Å². The summed E-state index contributed by atoms with van der Waals surface area (Å²) in [5.74, 6) is 0.174. The minimum atomic E-state index is 0.174. The highest BCUT2D eigenvalue weighted by molar-refractivity contribution is 5.18. The molecule has 1 radical (unpaired) electrons. The maximum absolute atomic E-state index is 10.4. The van der Waals surface area contributed by atoms with Crippen molar-refractivity contribution in [3.05, 3.63) is 29.6 Å². The van der Waals surface area contributed by atoms with E-state index in [2.05, 4.69) is 6.20 Å². The standard InChI is InChI=1S/C5H5N2O/c6-5-3-1-2-4-7(5)8/h1-3H,6H2. The number of anilines is 1. The van der Waals surface area contributed by atoms with Gasteiger partial charge in [-0.25, -0.2) is 4.73 Å². The molecule has 0 unspecified atom stereocenters. The Hall–Kier alpha value is -1.25. The third-order valence-corrected chi connectivity index (χ3v) is 0.790. The van der Waals surface area contributed by atoms with Gasteiger partial charge in [0.2, 0.25) is 0 Å². The Labute approximate surface area is 46.9 Å². The number of pyridine rings is 1. The third-order valence-electron chi connectivity index (χ3n) is 0.790. The minimum Gasteiger partial charge on any atom is -0.710 e. The lowest BCUT2D eigenvalue weighted by atomic mass is 10.5. The summed E-state index contributed by atoms with van der Waals surface area (Å²) >= 11 is 0. The number of rotatable bonds is 0. The highest BCUT2D eigenvalue weighted by Crippen LogP contribution is 1.86. The first-order chi connectivity index (χ1) is 3.80. The van der Waals surface area contributed by atoms with Crippen molar-refractivity contribution in [2.45, 2.75) is 0 Å². The molecule has 0 aliphatic rings. The van der Waals surface area contributed by atoms with Gasteiger partial charge in [0.1, 0.15) is 0 Å². The fraction of sp³-hybridized carbons (Fsp3) is 0. The van der Waals surface area contributed by atoms with Gasteiger partial charge in [0.05, 0.1) is 0 Å². The molecule has 0 aliphatic heterocycles. The molecule has 0 amide bonds. The summed E-state index contributed by atoms with van der Waals surface area (Å²) in [6, 6.07) is 4.68. The Balaban J connectivity index is 3.13. The monoisotopic (exact) mass is 109 g/mol.